The first-order chi connectivity index (χ1) is 12.5. The number of nitro benzene ring substituents is 1. The topological polar surface area (TPSA) is 91.3 Å². The molecule has 0 unspecified atom stereocenters. The maximum Gasteiger partial charge on any atom is 0.277 e. The van der Waals surface area contributed by atoms with Gasteiger partial charge in [0.25, 0.3) is 16.8 Å². The highest BCUT2D eigenvalue weighted by molar-refractivity contribution is 7.98. The van der Waals surface area contributed by atoms with Crippen LogP contribution < -0.4 is 4.74 Å². The highest BCUT2D eigenvalue weighted by atomic mass is 35.5. The average molecular weight is 392 g/mol. The molecule has 0 N–H and O–H groups in total. The molecule has 2 aromatic carbocycles. The lowest BCUT2D eigenvalue weighted by Gasteiger charge is -2.04. The van der Waals surface area contributed by atoms with Gasteiger partial charge in [-0.2, -0.15) is 0 Å². The molecule has 0 aliphatic rings. The first kappa shape index (κ1) is 18.2. The molecule has 0 radical (unpaired) electrons. The summed E-state index contributed by atoms with van der Waals surface area (Å²) in [6.45, 7) is 1.87. The zero-order valence-corrected chi connectivity index (χ0v) is 15.3. The number of hydrogen-bond donors (Lipinski definition) is 0. The fraction of sp³-hybridized carbons (Fsp3) is 0.176. The van der Waals surface area contributed by atoms with Gasteiger partial charge in [0.2, 0.25) is 0 Å². The molecule has 0 spiro atoms. The molecule has 7 nitrogen and oxygen atoms in total. The van der Waals surface area contributed by atoms with E-state index in [0.29, 0.717) is 33.2 Å². The monoisotopic (exact) mass is 391 g/mol. The van der Waals surface area contributed by atoms with Gasteiger partial charge < -0.3 is 9.15 Å². The van der Waals surface area contributed by atoms with E-state index in [1.165, 1.54) is 17.8 Å². The minimum Gasteiger partial charge on any atom is -0.484 e. The Morgan fingerprint density at radius 3 is 2.73 bits per heavy atom. The summed E-state index contributed by atoms with van der Waals surface area (Å²) in [5, 5.41) is 19.9. The van der Waals surface area contributed by atoms with Crippen LogP contribution in [-0.4, -0.2) is 15.1 Å². The summed E-state index contributed by atoms with van der Waals surface area (Å²) in [5.41, 5.74) is 1.59. The normalized spacial score (nSPS) is 10.7. The van der Waals surface area contributed by atoms with Gasteiger partial charge in [0.1, 0.15) is 5.75 Å². The van der Waals surface area contributed by atoms with Crippen molar-refractivity contribution >= 4 is 29.1 Å². The highest BCUT2D eigenvalue weighted by Gasteiger charge is 2.14. The third kappa shape index (κ3) is 4.53. The van der Waals surface area contributed by atoms with E-state index < -0.39 is 0 Å². The average Bonchev–Trinajstić information content (AvgIpc) is 3.08. The van der Waals surface area contributed by atoms with Crippen molar-refractivity contribution in [3.05, 3.63) is 74.6 Å². The van der Waals surface area contributed by atoms with Gasteiger partial charge in [0, 0.05) is 22.4 Å². The van der Waals surface area contributed by atoms with Crippen molar-refractivity contribution in [2.45, 2.75) is 24.5 Å². The molecule has 3 aromatic rings. The van der Waals surface area contributed by atoms with Crippen molar-refractivity contribution in [3.63, 3.8) is 0 Å². The van der Waals surface area contributed by atoms with Crippen LogP contribution in [0.15, 0.2) is 52.1 Å². The molecule has 0 saturated carbocycles. The molecular weight excluding hydrogens is 378 g/mol. The Balaban J connectivity index is 1.58. The fourth-order valence-corrected chi connectivity index (χ4v) is 3.17. The van der Waals surface area contributed by atoms with Crippen LogP contribution in [-0.2, 0) is 12.4 Å². The summed E-state index contributed by atoms with van der Waals surface area (Å²) >= 11 is 7.14. The van der Waals surface area contributed by atoms with Crippen molar-refractivity contribution in [2.75, 3.05) is 0 Å². The number of nitrogens with zero attached hydrogens (tertiary/aromatic N) is 3. The molecule has 0 aliphatic carbocycles. The summed E-state index contributed by atoms with van der Waals surface area (Å²) in [7, 11) is 0. The van der Waals surface area contributed by atoms with Crippen LogP contribution in [0.5, 0.6) is 5.75 Å². The van der Waals surface area contributed by atoms with Gasteiger partial charge >= 0.3 is 0 Å². The molecule has 9 heteroatoms. The maximum atomic E-state index is 11.0. The predicted octanol–water partition coefficient (Wildman–Crippen LogP) is 4.81. The first-order valence-corrected chi connectivity index (χ1v) is 8.95. The Morgan fingerprint density at radius 2 is 2.00 bits per heavy atom. The molecular formula is C17H14ClN3O4S. The molecule has 26 heavy (non-hydrogen) atoms. The van der Waals surface area contributed by atoms with Gasteiger partial charge in [-0.25, -0.2) is 0 Å². The number of nitro groups is 1. The lowest BCUT2D eigenvalue weighted by atomic mass is 10.1. The van der Waals surface area contributed by atoms with E-state index in [4.69, 9.17) is 20.8 Å². The maximum absolute atomic E-state index is 11.0. The zero-order chi connectivity index (χ0) is 18.5. The summed E-state index contributed by atoms with van der Waals surface area (Å²) in [5.74, 6) is 1.49. The van der Waals surface area contributed by atoms with Crippen LogP contribution in [0.1, 0.15) is 17.0 Å². The Labute approximate surface area is 158 Å². The lowest BCUT2D eigenvalue weighted by molar-refractivity contribution is -0.385. The second kappa shape index (κ2) is 8.20. The number of thioether (sulfide) groups is 1. The molecule has 134 valence electrons. The molecule has 1 aromatic heterocycles. The quantitative estimate of drug-likeness (QED) is 0.324. The fourth-order valence-electron chi connectivity index (χ4n) is 2.19. The number of ether oxygens (including phenoxy) is 1. The number of hydrogen-bond acceptors (Lipinski definition) is 7. The van der Waals surface area contributed by atoms with E-state index in [1.54, 1.807) is 37.3 Å². The minimum absolute atomic E-state index is 0.102. The highest BCUT2D eigenvalue weighted by Crippen LogP contribution is 2.27. The molecule has 0 atom stereocenters. The number of rotatable bonds is 7. The second-order valence-corrected chi connectivity index (χ2v) is 6.67. The van der Waals surface area contributed by atoms with Crippen molar-refractivity contribution in [1.29, 1.82) is 0 Å². The van der Waals surface area contributed by atoms with E-state index in [9.17, 15) is 10.1 Å². The summed E-state index contributed by atoms with van der Waals surface area (Å²) < 4.78 is 11.1. The van der Waals surface area contributed by atoms with E-state index in [2.05, 4.69) is 10.2 Å². The van der Waals surface area contributed by atoms with Gasteiger partial charge in [-0.3, -0.25) is 10.1 Å². The van der Waals surface area contributed by atoms with E-state index in [1.807, 2.05) is 6.07 Å². The molecule has 0 saturated heterocycles. The van der Waals surface area contributed by atoms with Gasteiger partial charge in [-0.05, 0) is 36.8 Å². The van der Waals surface area contributed by atoms with Gasteiger partial charge in [-0.1, -0.05) is 35.5 Å². The van der Waals surface area contributed by atoms with E-state index >= 15 is 0 Å². The minimum atomic E-state index is -0.387. The van der Waals surface area contributed by atoms with Gasteiger partial charge in [0.05, 0.1) is 4.92 Å². The van der Waals surface area contributed by atoms with Crippen LogP contribution in [0.3, 0.4) is 0 Å². The standard InChI is InChI=1S/C17H14ClN3O4S/c1-11-12(3-2-4-15(11)21(22)23)10-26-17-20-19-16(25-17)9-24-14-7-5-13(18)6-8-14/h2-8H,9-10H2,1H3. The molecule has 0 amide bonds. The lowest BCUT2D eigenvalue weighted by Crippen LogP contribution is -1.95. The Bertz CT molecular complexity index is 915. The smallest absolute Gasteiger partial charge is 0.277 e. The number of halogens is 1. The summed E-state index contributed by atoms with van der Waals surface area (Å²) in [6.07, 6.45) is 0. The molecule has 3 rings (SSSR count). The predicted molar refractivity (Wildman–Crippen MR) is 97.5 cm³/mol. The molecule has 1 heterocycles. The molecule has 0 aliphatic heterocycles. The van der Waals surface area contributed by atoms with Crippen LogP contribution in [0.2, 0.25) is 5.02 Å². The SMILES string of the molecule is Cc1c(CSc2nnc(COc3ccc(Cl)cc3)o2)cccc1[N+](=O)[O-]. The van der Waals surface area contributed by atoms with Crippen molar-refractivity contribution in [3.8, 4) is 5.75 Å². The van der Waals surface area contributed by atoms with Crippen LogP contribution in [0, 0.1) is 17.0 Å². The third-order valence-corrected chi connectivity index (χ3v) is 4.71. The zero-order valence-electron chi connectivity index (χ0n) is 13.7. The molecule has 0 bridgehead atoms. The van der Waals surface area contributed by atoms with Crippen LogP contribution >= 0.6 is 23.4 Å². The Hall–Kier alpha value is -2.58. The second-order valence-electron chi connectivity index (χ2n) is 5.31. The van der Waals surface area contributed by atoms with Gasteiger partial charge in [-0.15, -0.1) is 10.2 Å². The van der Waals surface area contributed by atoms with E-state index in [-0.39, 0.29) is 17.2 Å². The summed E-state index contributed by atoms with van der Waals surface area (Å²) in [4.78, 5) is 10.6. The largest absolute Gasteiger partial charge is 0.484 e. The van der Waals surface area contributed by atoms with Crippen LogP contribution in [0.4, 0.5) is 5.69 Å². The Morgan fingerprint density at radius 1 is 1.23 bits per heavy atom. The first-order valence-electron chi connectivity index (χ1n) is 7.59. The Kier molecular flexibility index (Phi) is 5.75. The molecule has 0 fully saturated rings. The summed E-state index contributed by atoms with van der Waals surface area (Å²) in [6, 6.07) is 12.0. The third-order valence-electron chi connectivity index (χ3n) is 3.59. The number of benzene rings is 2. The van der Waals surface area contributed by atoms with E-state index in [0.717, 1.165) is 5.56 Å². The van der Waals surface area contributed by atoms with Crippen molar-refractivity contribution in [1.82, 2.24) is 10.2 Å². The van der Waals surface area contributed by atoms with Crippen molar-refractivity contribution < 1.29 is 14.1 Å². The van der Waals surface area contributed by atoms with Gasteiger partial charge in [0.15, 0.2) is 6.61 Å². The number of aromatic nitrogens is 2. The van der Waals surface area contributed by atoms with Crippen LogP contribution in [0.25, 0.3) is 0 Å². The van der Waals surface area contributed by atoms with Crippen molar-refractivity contribution in [2.24, 2.45) is 0 Å².